The second kappa shape index (κ2) is 4.92. The molecule has 1 heterocycles. The predicted molar refractivity (Wildman–Crippen MR) is 63.0 cm³/mol. The molecule has 0 atom stereocenters. The Labute approximate surface area is 102 Å². The average molecular weight is 250 g/mol. The fourth-order valence-corrected chi connectivity index (χ4v) is 1.95. The molecule has 0 radical (unpaired) electrons. The van der Waals surface area contributed by atoms with Crippen LogP contribution in [-0.2, 0) is 4.74 Å². The van der Waals surface area contributed by atoms with Crippen LogP contribution in [0.1, 0.15) is 16.6 Å². The number of aromatic hydroxyl groups is 1. The lowest BCUT2D eigenvalue weighted by atomic mass is 10.1. The number of ether oxygens (including phenoxy) is 1. The lowest BCUT2D eigenvalue weighted by molar-refractivity contribution is 0.0532. The molecule has 0 saturated heterocycles. The number of carbonyl (C=O) groups excluding carboxylic acids is 1. The van der Waals surface area contributed by atoms with Crippen LogP contribution >= 0.6 is 11.5 Å². The number of nitrogens with zero attached hydrogens (tertiary/aromatic N) is 2. The summed E-state index contributed by atoms with van der Waals surface area (Å²) in [6.45, 7) is 2.02. The highest BCUT2D eigenvalue weighted by Gasteiger charge is 2.20. The molecule has 0 aliphatic heterocycles. The van der Waals surface area contributed by atoms with Crippen LogP contribution in [0.3, 0.4) is 0 Å². The van der Waals surface area contributed by atoms with E-state index in [0.29, 0.717) is 16.1 Å². The highest BCUT2D eigenvalue weighted by atomic mass is 32.1. The zero-order chi connectivity index (χ0) is 12.3. The molecule has 0 spiro atoms. The quantitative estimate of drug-likeness (QED) is 0.844. The number of benzene rings is 1. The van der Waals surface area contributed by atoms with Gasteiger partial charge in [-0.25, -0.2) is 4.79 Å². The first kappa shape index (κ1) is 11.5. The van der Waals surface area contributed by atoms with Gasteiger partial charge >= 0.3 is 5.97 Å². The van der Waals surface area contributed by atoms with Gasteiger partial charge in [0.2, 0.25) is 0 Å². The first-order chi connectivity index (χ1) is 8.24. The molecule has 6 heteroatoms. The van der Waals surface area contributed by atoms with Crippen LogP contribution in [0, 0.1) is 0 Å². The van der Waals surface area contributed by atoms with Crippen molar-refractivity contribution in [3.05, 3.63) is 29.1 Å². The molecule has 17 heavy (non-hydrogen) atoms. The van der Waals surface area contributed by atoms with Crippen LogP contribution in [0.5, 0.6) is 5.75 Å². The molecule has 0 amide bonds. The van der Waals surface area contributed by atoms with Crippen molar-refractivity contribution in [3.63, 3.8) is 0 Å². The monoisotopic (exact) mass is 250 g/mol. The number of aromatic nitrogens is 2. The summed E-state index contributed by atoms with van der Waals surface area (Å²) in [7, 11) is 0. The van der Waals surface area contributed by atoms with Crippen LogP contribution in [-0.4, -0.2) is 27.3 Å². The van der Waals surface area contributed by atoms with Gasteiger partial charge in [0.15, 0.2) is 4.88 Å². The van der Waals surface area contributed by atoms with Gasteiger partial charge < -0.3 is 9.84 Å². The van der Waals surface area contributed by atoms with E-state index in [1.165, 1.54) is 6.07 Å². The van der Waals surface area contributed by atoms with Gasteiger partial charge in [-0.05, 0) is 30.6 Å². The highest BCUT2D eigenvalue weighted by molar-refractivity contribution is 7.08. The molecule has 2 rings (SSSR count). The number of esters is 1. The zero-order valence-corrected chi connectivity index (χ0v) is 9.90. The zero-order valence-electron chi connectivity index (χ0n) is 9.08. The molecule has 5 nitrogen and oxygen atoms in total. The Morgan fingerprint density at radius 3 is 2.94 bits per heavy atom. The van der Waals surface area contributed by atoms with Gasteiger partial charge in [-0.15, -0.1) is 5.10 Å². The van der Waals surface area contributed by atoms with E-state index in [1.807, 2.05) is 0 Å². The van der Waals surface area contributed by atoms with E-state index in [1.54, 1.807) is 25.1 Å². The van der Waals surface area contributed by atoms with Crippen LogP contribution < -0.4 is 0 Å². The molecule has 1 N–H and O–H groups in total. The Morgan fingerprint density at radius 2 is 2.24 bits per heavy atom. The lowest BCUT2D eigenvalue weighted by Gasteiger charge is -2.03. The largest absolute Gasteiger partial charge is 0.507 e. The van der Waals surface area contributed by atoms with Crippen molar-refractivity contribution >= 4 is 17.5 Å². The van der Waals surface area contributed by atoms with Crippen LogP contribution in [0.25, 0.3) is 11.3 Å². The first-order valence-corrected chi connectivity index (χ1v) is 5.79. The third-order valence-corrected chi connectivity index (χ3v) is 2.81. The van der Waals surface area contributed by atoms with Gasteiger partial charge in [0.05, 0.1) is 6.61 Å². The summed E-state index contributed by atoms with van der Waals surface area (Å²) in [6, 6.07) is 6.66. The van der Waals surface area contributed by atoms with Crippen molar-refractivity contribution in [1.29, 1.82) is 0 Å². The Hall–Kier alpha value is -1.95. The predicted octanol–water partition coefficient (Wildman–Crippen LogP) is 2.09. The topological polar surface area (TPSA) is 72.3 Å². The molecular formula is C11H10N2O3S. The SMILES string of the molecule is CCOC(=O)c1snnc1-c1ccccc1O. The van der Waals surface area contributed by atoms with E-state index in [-0.39, 0.29) is 12.4 Å². The molecule has 0 fully saturated rings. The number of phenolic OH excluding ortho intramolecular Hbond substituents is 1. The van der Waals surface area contributed by atoms with Crippen molar-refractivity contribution in [2.24, 2.45) is 0 Å². The lowest BCUT2D eigenvalue weighted by Crippen LogP contribution is -2.04. The van der Waals surface area contributed by atoms with E-state index in [2.05, 4.69) is 9.59 Å². The Morgan fingerprint density at radius 1 is 1.47 bits per heavy atom. The Kier molecular flexibility index (Phi) is 3.34. The molecule has 1 aromatic carbocycles. The molecule has 0 unspecified atom stereocenters. The Bertz CT molecular complexity index is 539. The van der Waals surface area contributed by atoms with Crippen LogP contribution in [0.15, 0.2) is 24.3 Å². The van der Waals surface area contributed by atoms with E-state index in [9.17, 15) is 9.90 Å². The molecular weight excluding hydrogens is 240 g/mol. The van der Waals surface area contributed by atoms with Crippen molar-refractivity contribution in [3.8, 4) is 17.0 Å². The summed E-state index contributed by atoms with van der Waals surface area (Å²) in [4.78, 5) is 11.9. The third-order valence-electron chi connectivity index (χ3n) is 2.11. The van der Waals surface area contributed by atoms with Crippen molar-refractivity contribution in [1.82, 2.24) is 9.59 Å². The van der Waals surface area contributed by atoms with E-state index in [0.717, 1.165) is 11.5 Å². The summed E-state index contributed by atoms with van der Waals surface area (Å²) in [6.07, 6.45) is 0. The van der Waals surface area contributed by atoms with Crippen LogP contribution in [0.4, 0.5) is 0 Å². The summed E-state index contributed by atoms with van der Waals surface area (Å²) in [5.41, 5.74) is 0.829. The molecule has 0 saturated carbocycles. The standard InChI is InChI=1S/C11H10N2O3S/c1-2-16-11(15)10-9(12-13-17-10)7-5-3-4-6-8(7)14/h3-6,14H,2H2,1H3. The summed E-state index contributed by atoms with van der Waals surface area (Å²) >= 11 is 0.954. The van der Waals surface area contributed by atoms with Crippen molar-refractivity contribution in [2.45, 2.75) is 6.92 Å². The maximum atomic E-state index is 11.6. The molecule has 2 aromatic rings. The fraction of sp³-hybridized carbons (Fsp3) is 0.182. The molecule has 88 valence electrons. The minimum atomic E-state index is -0.472. The van der Waals surface area contributed by atoms with Gasteiger partial charge in [0, 0.05) is 5.56 Å². The maximum absolute atomic E-state index is 11.6. The number of rotatable bonds is 3. The van der Waals surface area contributed by atoms with Gasteiger partial charge in [-0.3, -0.25) is 0 Å². The number of hydrogen-bond donors (Lipinski definition) is 1. The Balaban J connectivity index is 2.44. The van der Waals surface area contributed by atoms with Gasteiger partial charge in [0.1, 0.15) is 11.4 Å². The van der Waals surface area contributed by atoms with Gasteiger partial charge in [-0.2, -0.15) is 0 Å². The van der Waals surface area contributed by atoms with E-state index in [4.69, 9.17) is 4.74 Å². The second-order valence-corrected chi connectivity index (χ2v) is 3.94. The van der Waals surface area contributed by atoms with E-state index < -0.39 is 5.97 Å². The van der Waals surface area contributed by atoms with Crippen molar-refractivity contribution in [2.75, 3.05) is 6.61 Å². The van der Waals surface area contributed by atoms with Crippen molar-refractivity contribution < 1.29 is 14.6 Å². The number of para-hydroxylation sites is 1. The highest BCUT2D eigenvalue weighted by Crippen LogP contribution is 2.31. The molecule has 1 aromatic heterocycles. The summed E-state index contributed by atoms with van der Waals surface area (Å²) in [5.74, 6) is -0.411. The number of hydrogen-bond acceptors (Lipinski definition) is 6. The molecule has 0 aliphatic rings. The first-order valence-electron chi connectivity index (χ1n) is 5.02. The minimum absolute atomic E-state index is 0.0609. The average Bonchev–Trinajstić information content (AvgIpc) is 2.79. The molecule has 0 bridgehead atoms. The summed E-state index contributed by atoms with van der Waals surface area (Å²) < 4.78 is 8.62. The second-order valence-electron chi connectivity index (χ2n) is 3.19. The van der Waals surface area contributed by atoms with Gasteiger partial charge in [-0.1, -0.05) is 16.6 Å². The van der Waals surface area contributed by atoms with Crippen LogP contribution in [0.2, 0.25) is 0 Å². The third kappa shape index (κ3) is 2.26. The minimum Gasteiger partial charge on any atom is -0.507 e. The fourth-order valence-electron chi connectivity index (χ4n) is 1.37. The number of carbonyl (C=O) groups is 1. The normalized spacial score (nSPS) is 10.2. The van der Waals surface area contributed by atoms with E-state index >= 15 is 0 Å². The molecule has 0 aliphatic carbocycles. The van der Waals surface area contributed by atoms with Gasteiger partial charge in [0.25, 0.3) is 0 Å². The summed E-state index contributed by atoms with van der Waals surface area (Å²) in [5, 5.41) is 13.6. The smallest absolute Gasteiger partial charge is 0.352 e. The maximum Gasteiger partial charge on any atom is 0.352 e. The number of phenols is 1.